The smallest absolute Gasteiger partial charge is 0.265 e. The van der Waals surface area contributed by atoms with Gasteiger partial charge in [-0.15, -0.1) is 0 Å². The first-order valence-electron chi connectivity index (χ1n) is 11.0. The number of para-hydroxylation sites is 1. The predicted octanol–water partition coefficient (Wildman–Crippen LogP) is 4.65. The van der Waals surface area contributed by atoms with E-state index in [9.17, 15) is 14.0 Å². The summed E-state index contributed by atoms with van der Waals surface area (Å²) >= 11 is 0.951. The number of nitrogens with zero attached hydrogens (tertiary/aromatic N) is 2. The summed E-state index contributed by atoms with van der Waals surface area (Å²) in [6, 6.07) is 11.4. The predicted molar refractivity (Wildman–Crippen MR) is 132 cm³/mol. The molecule has 3 aromatic rings. The average Bonchev–Trinajstić information content (AvgIpc) is 3.09. The maximum atomic E-state index is 14.4. The minimum Gasteiger partial charge on any atom is -0.493 e. The van der Waals surface area contributed by atoms with Crippen molar-refractivity contribution in [1.82, 2.24) is 14.7 Å². The number of rotatable bonds is 6. The van der Waals surface area contributed by atoms with Crippen LogP contribution in [0, 0.1) is 11.7 Å². The second kappa shape index (κ2) is 9.50. The summed E-state index contributed by atoms with van der Waals surface area (Å²) in [4.78, 5) is 35.1. The summed E-state index contributed by atoms with van der Waals surface area (Å²) in [5.74, 6) is 0.176. The Bertz CT molecular complexity index is 1280. The van der Waals surface area contributed by atoms with Gasteiger partial charge >= 0.3 is 0 Å². The first-order chi connectivity index (χ1) is 16.2. The third-order valence-electron chi connectivity index (χ3n) is 5.93. The number of anilines is 1. The van der Waals surface area contributed by atoms with E-state index in [0.29, 0.717) is 33.5 Å². The molecule has 2 N–H and O–H groups in total. The van der Waals surface area contributed by atoms with E-state index in [-0.39, 0.29) is 22.8 Å². The molecule has 1 saturated heterocycles. The molecule has 1 atom stereocenters. The first-order valence-corrected chi connectivity index (χ1v) is 11.8. The van der Waals surface area contributed by atoms with Crippen LogP contribution in [0.1, 0.15) is 37.6 Å². The summed E-state index contributed by atoms with van der Waals surface area (Å²) in [5, 5.41) is 0. The third kappa shape index (κ3) is 4.65. The Morgan fingerprint density at radius 1 is 1.26 bits per heavy atom. The van der Waals surface area contributed by atoms with E-state index >= 15 is 0 Å². The van der Waals surface area contributed by atoms with Gasteiger partial charge in [0.2, 0.25) is 0 Å². The van der Waals surface area contributed by atoms with E-state index in [0.717, 1.165) is 24.9 Å². The third-order valence-corrected chi connectivity index (χ3v) is 6.76. The number of ether oxygens (including phenoxy) is 1. The molecule has 2 aromatic heterocycles. The number of benzene rings is 1. The number of aromatic nitrogens is 2. The lowest BCUT2D eigenvalue weighted by molar-refractivity contribution is 0.0984. The molecule has 0 bridgehead atoms. The fourth-order valence-electron chi connectivity index (χ4n) is 4.50. The number of H-pyrrole nitrogens is 1. The molecule has 0 radical (unpaired) electrons. The van der Waals surface area contributed by atoms with Crippen LogP contribution in [0.5, 0.6) is 5.75 Å². The van der Waals surface area contributed by atoms with Crippen molar-refractivity contribution in [3.8, 4) is 17.0 Å². The number of pyridine rings is 2. The first kappa shape index (κ1) is 23.8. The number of methoxy groups -OCH3 is 1. The quantitative estimate of drug-likeness (QED) is 0.498. The van der Waals surface area contributed by atoms with E-state index in [2.05, 4.69) is 35.4 Å². The maximum Gasteiger partial charge on any atom is 0.265 e. The molecule has 0 unspecified atom stereocenters. The highest BCUT2D eigenvalue weighted by atomic mass is 32.2. The summed E-state index contributed by atoms with van der Waals surface area (Å²) < 4.78 is 22.4. The zero-order valence-electron chi connectivity index (χ0n) is 19.5. The highest BCUT2D eigenvalue weighted by Gasteiger charge is 2.39. The van der Waals surface area contributed by atoms with Gasteiger partial charge in [-0.1, -0.05) is 13.0 Å². The van der Waals surface area contributed by atoms with Gasteiger partial charge in [0.1, 0.15) is 5.82 Å². The number of carbonyl (C=O) groups excluding carboxylic acids is 1. The van der Waals surface area contributed by atoms with Crippen LogP contribution < -0.4 is 19.9 Å². The summed E-state index contributed by atoms with van der Waals surface area (Å²) in [6.45, 7) is 7.13. The van der Waals surface area contributed by atoms with Crippen LogP contribution in [-0.4, -0.2) is 35.1 Å². The molecular formula is C25H27FN4O3S. The second-order valence-electron chi connectivity index (χ2n) is 9.02. The highest BCUT2D eigenvalue weighted by Crippen LogP contribution is 2.39. The lowest BCUT2D eigenvalue weighted by Gasteiger charge is -2.34. The molecule has 0 saturated carbocycles. The Morgan fingerprint density at radius 2 is 2.06 bits per heavy atom. The fraction of sp³-hybridized carbons (Fsp3) is 0.320. The largest absolute Gasteiger partial charge is 0.493 e. The average molecular weight is 483 g/mol. The van der Waals surface area contributed by atoms with Gasteiger partial charge in [0, 0.05) is 23.8 Å². The molecule has 178 valence electrons. The molecule has 0 spiro atoms. The van der Waals surface area contributed by atoms with E-state index in [1.807, 2.05) is 0 Å². The zero-order valence-corrected chi connectivity index (χ0v) is 20.3. The number of amides is 1. The molecule has 1 fully saturated rings. The standard InChI is InChI=1S/C25H27FN4O3S/c1-15-13-25(2,3)30(14-15)22-17(23(31)29-34-20-9-6-12-27-24(20)32)10-11-19(28-22)16-7-5-8-18(26)21(16)33-4/h5-12,15H,13-14H2,1-4H3,(H,27,32)(H,29,31)/t15-/m0/s1. The topological polar surface area (TPSA) is 87.3 Å². The van der Waals surface area contributed by atoms with Crippen LogP contribution in [0.3, 0.4) is 0 Å². The summed E-state index contributed by atoms with van der Waals surface area (Å²) in [7, 11) is 1.42. The van der Waals surface area contributed by atoms with Gasteiger partial charge in [-0.05, 0) is 74.5 Å². The SMILES string of the molecule is COc1c(F)cccc1-c1ccc(C(=O)NSc2ccc[nH]c2=O)c(N2C[C@@H](C)CC2(C)C)n1. The summed E-state index contributed by atoms with van der Waals surface area (Å²) in [5.41, 5.74) is 0.877. The minimum absolute atomic E-state index is 0.103. The van der Waals surface area contributed by atoms with Gasteiger partial charge in [0.25, 0.3) is 11.5 Å². The number of halogens is 1. The molecular weight excluding hydrogens is 455 g/mol. The Morgan fingerprint density at radius 3 is 2.74 bits per heavy atom. The Labute approximate surface area is 201 Å². The molecule has 1 aliphatic heterocycles. The molecule has 34 heavy (non-hydrogen) atoms. The van der Waals surface area contributed by atoms with Gasteiger partial charge in [-0.3, -0.25) is 14.3 Å². The van der Waals surface area contributed by atoms with E-state index in [1.165, 1.54) is 19.4 Å². The van der Waals surface area contributed by atoms with Crippen molar-refractivity contribution in [2.24, 2.45) is 5.92 Å². The van der Waals surface area contributed by atoms with Crippen molar-refractivity contribution in [3.05, 3.63) is 70.4 Å². The number of hydrogen-bond donors (Lipinski definition) is 2. The fourth-order valence-corrected chi connectivity index (χ4v) is 5.11. The van der Waals surface area contributed by atoms with Crippen LogP contribution in [0.4, 0.5) is 10.2 Å². The number of nitrogens with one attached hydrogen (secondary N) is 2. The van der Waals surface area contributed by atoms with Crippen LogP contribution in [0.2, 0.25) is 0 Å². The Balaban J connectivity index is 1.76. The molecule has 3 heterocycles. The van der Waals surface area contributed by atoms with Gasteiger partial charge in [0.05, 0.1) is 23.3 Å². The van der Waals surface area contributed by atoms with Crippen molar-refractivity contribution < 1.29 is 13.9 Å². The van der Waals surface area contributed by atoms with Gasteiger partial charge in [-0.25, -0.2) is 9.37 Å². The van der Waals surface area contributed by atoms with Gasteiger partial charge in [-0.2, -0.15) is 0 Å². The van der Waals surface area contributed by atoms with Crippen molar-refractivity contribution in [1.29, 1.82) is 0 Å². The normalized spacial score (nSPS) is 17.0. The number of aromatic amines is 1. The monoisotopic (exact) mass is 482 g/mol. The minimum atomic E-state index is -0.482. The van der Waals surface area contributed by atoms with E-state index < -0.39 is 5.82 Å². The van der Waals surface area contributed by atoms with E-state index in [1.54, 1.807) is 36.4 Å². The van der Waals surface area contributed by atoms with Crippen molar-refractivity contribution >= 4 is 23.7 Å². The number of carbonyl (C=O) groups is 1. The Hall–Kier alpha value is -3.33. The lowest BCUT2D eigenvalue weighted by atomic mass is 9.97. The van der Waals surface area contributed by atoms with Crippen molar-refractivity contribution in [3.63, 3.8) is 0 Å². The molecule has 1 amide bonds. The van der Waals surface area contributed by atoms with Crippen molar-refractivity contribution in [2.75, 3.05) is 18.6 Å². The molecule has 7 nitrogen and oxygen atoms in total. The Kier molecular flexibility index (Phi) is 6.65. The van der Waals surface area contributed by atoms with Gasteiger partial charge < -0.3 is 14.6 Å². The van der Waals surface area contributed by atoms with Crippen LogP contribution in [0.15, 0.2) is 58.4 Å². The highest BCUT2D eigenvalue weighted by molar-refractivity contribution is 7.98. The zero-order chi connectivity index (χ0) is 24.5. The van der Waals surface area contributed by atoms with Crippen LogP contribution in [-0.2, 0) is 0 Å². The molecule has 1 aromatic carbocycles. The van der Waals surface area contributed by atoms with E-state index in [4.69, 9.17) is 9.72 Å². The van der Waals surface area contributed by atoms with Crippen LogP contribution >= 0.6 is 11.9 Å². The molecule has 1 aliphatic rings. The molecule has 0 aliphatic carbocycles. The molecule has 4 rings (SSSR count). The summed E-state index contributed by atoms with van der Waals surface area (Å²) in [6.07, 6.45) is 2.48. The lowest BCUT2D eigenvalue weighted by Crippen LogP contribution is -2.40. The van der Waals surface area contributed by atoms with Crippen molar-refractivity contribution in [2.45, 2.75) is 37.6 Å². The second-order valence-corrected chi connectivity index (χ2v) is 9.87. The van der Waals surface area contributed by atoms with Gasteiger partial charge in [0.15, 0.2) is 11.6 Å². The maximum absolute atomic E-state index is 14.4. The van der Waals surface area contributed by atoms with Crippen LogP contribution in [0.25, 0.3) is 11.3 Å². The number of hydrogen-bond acceptors (Lipinski definition) is 6. The molecule has 9 heteroatoms.